The number of aryl methyl sites for hydroxylation is 1. The van der Waals surface area contributed by atoms with Crippen LogP contribution in [0.5, 0.6) is 0 Å². The molecule has 0 radical (unpaired) electrons. The van der Waals surface area contributed by atoms with Gasteiger partial charge in [0.2, 0.25) is 23.6 Å². The Hall–Kier alpha value is -4.22. The summed E-state index contributed by atoms with van der Waals surface area (Å²) in [6.07, 6.45) is 1.54. The molecule has 1 aliphatic rings. The summed E-state index contributed by atoms with van der Waals surface area (Å²) >= 11 is 0. The molecule has 3 rings (SSSR count). The monoisotopic (exact) mass is 731 g/mol. The Morgan fingerprint density at radius 3 is 1.96 bits per heavy atom. The van der Waals surface area contributed by atoms with Crippen LogP contribution in [0.4, 0.5) is 0 Å². The van der Waals surface area contributed by atoms with E-state index in [1.54, 1.807) is 30.3 Å². The normalized spacial score (nSPS) is 17.1. The van der Waals surface area contributed by atoms with Crippen molar-refractivity contribution in [3.05, 3.63) is 71.8 Å². The van der Waals surface area contributed by atoms with Crippen molar-refractivity contribution in [2.24, 2.45) is 0 Å². The Kier molecular flexibility index (Phi) is 15.7. The lowest BCUT2D eigenvalue weighted by Crippen LogP contribution is -2.59. The molecule has 0 spiro atoms. The minimum atomic E-state index is -3.96. The molecule has 5 atom stereocenters. The number of ketones is 1. The van der Waals surface area contributed by atoms with Gasteiger partial charge >= 0.3 is 0 Å². The zero-order chi connectivity index (χ0) is 37.6. The Labute approximate surface area is 298 Å². The first-order valence-corrected chi connectivity index (χ1v) is 18.5. The summed E-state index contributed by atoms with van der Waals surface area (Å²) in [7, 11) is -3.96. The minimum Gasteiger partial charge on any atom is -0.380 e. The zero-order valence-corrected chi connectivity index (χ0v) is 30.2. The van der Waals surface area contributed by atoms with E-state index in [-0.39, 0.29) is 25.3 Å². The molecule has 0 bridgehead atoms. The maximum atomic E-state index is 13.5. The largest absolute Gasteiger partial charge is 0.380 e. The lowest BCUT2D eigenvalue weighted by Gasteiger charge is -2.28. The number of hydrogen-bond acceptors (Lipinski definition) is 11. The van der Waals surface area contributed by atoms with E-state index < -0.39 is 70.0 Å². The van der Waals surface area contributed by atoms with Crippen molar-refractivity contribution in [3.63, 3.8) is 0 Å². The van der Waals surface area contributed by atoms with E-state index >= 15 is 0 Å². The second-order valence-electron chi connectivity index (χ2n) is 12.8. The van der Waals surface area contributed by atoms with Crippen LogP contribution in [-0.4, -0.2) is 123 Å². The van der Waals surface area contributed by atoms with Gasteiger partial charge in [0, 0.05) is 19.5 Å². The van der Waals surface area contributed by atoms with Crippen molar-refractivity contribution in [2.75, 3.05) is 45.7 Å². The second-order valence-corrected chi connectivity index (χ2v) is 14.5. The van der Waals surface area contributed by atoms with Gasteiger partial charge in [-0.3, -0.25) is 33.1 Å². The fourth-order valence-electron chi connectivity index (χ4n) is 5.30. The molecule has 1 saturated heterocycles. The molecule has 280 valence electrons. The van der Waals surface area contributed by atoms with Crippen molar-refractivity contribution in [3.8, 4) is 0 Å². The van der Waals surface area contributed by atoms with Crippen LogP contribution in [0, 0.1) is 0 Å². The highest BCUT2D eigenvalue weighted by Gasteiger charge is 2.37. The van der Waals surface area contributed by atoms with Gasteiger partial charge < -0.3 is 31.1 Å². The van der Waals surface area contributed by atoms with Gasteiger partial charge in [0.1, 0.15) is 30.3 Å². The molecule has 4 amide bonds. The molecule has 0 aliphatic carbocycles. The molecule has 16 heteroatoms. The fourth-order valence-corrected chi connectivity index (χ4v) is 5.74. The Morgan fingerprint density at radius 2 is 1.37 bits per heavy atom. The van der Waals surface area contributed by atoms with Crippen LogP contribution in [0.25, 0.3) is 0 Å². The third-order valence-electron chi connectivity index (χ3n) is 8.19. The number of benzene rings is 2. The van der Waals surface area contributed by atoms with Crippen LogP contribution in [0.1, 0.15) is 38.3 Å². The first-order valence-electron chi connectivity index (χ1n) is 16.7. The third-order valence-corrected chi connectivity index (χ3v) is 8.74. The summed E-state index contributed by atoms with van der Waals surface area (Å²) in [5.74, 6) is -3.30. The molecule has 5 N–H and O–H groups in total. The van der Waals surface area contributed by atoms with Gasteiger partial charge in [0.15, 0.2) is 5.78 Å². The summed E-state index contributed by atoms with van der Waals surface area (Å²) in [4.78, 5) is 68.2. The molecule has 0 unspecified atom stereocenters. The molecule has 1 heterocycles. The van der Waals surface area contributed by atoms with Gasteiger partial charge in [-0.25, -0.2) is 0 Å². The molecular weight excluding hydrogens is 682 g/mol. The molecule has 2 aromatic rings. The van der Waals surface area contributed by atoms with Crippen LogP contribution in [-0.2, 0) is 55.9 Å². The lowest BCUT2D eigenvalue weighted by atomic mass is 9.96. The maximum Gasteiger partial charge on any atom is 0.264 e. The van der Waals surface area contributed by atoms with Crippen molar-refractivity contribution in [2.45, 2.75) is 69.8 Å². The van der Waals surface area contributed by atoms with Crippen LogP contribution in [0.15, 0.2) is 60.7 Å². The number of amides is 4. The molecule has 15 nitrogen and oxygen atoms in total. The Bertz CT molecular complexity index is 1580. The predicted octanol–water partition coefficient (Wildman–Crippen LogP) is -0.531. The minimum absolute atomic E-state index is 0.0187. The van der Waals surface area contributed by atoms with Gasteiger partial charge in [0.25, 0.3) is 10.1 Å². The number of carbonyl (C=O) groups excluding carboxylic acids is 5. The number of morpholine rings is 1. The summed E-state index contributed by atoms with van der Waals surface area (Å²) in [6.45, 7) is 5.25. The van der Waals surface area contributed by atoms with Crippen LogP contribution in [0.3, 0.4) is 0 Å². The number of hydrogen-bond donors (Lipinski definition) is 5. The molecule has 2 aromatic carbocycles. The van der Waals surface area contributed by atoms with Crippen LogP contribution in [0.2, 0.25) is 0 Å². The van der Waals surface area contributed by atoms with E-state index in [1.165, 1.54) is 13.8 Å². The van der Waals surface area contributed by atoms with Gasteiger partial charge in [-0.15, -0.1) is 0 Å². The predicted molar refractivity (Wildman–Crippen MR) is 188 cm³/mol. The number of Topliss-reactive ketones (excluding diaryl/α,β-unsaturated/α-hetero) is 1. The van der Waals surface area contributed by atoms with Gasteiger partial charge in [-0.2, -0.15) is 8.42 Å². The average molecular weight is 732 g/mol. The van der Waals surface area contributed by atoms with E-state index in [2.05, 4.69) is 25.5 Å². The van der Waals surface area contributed by atoms with E-state index in [0.29, 0.717) is 38.3 Å². The third kappa shape index (κ3) is 14.5. The van der Waals surface area contributed by atoms with E-state index in [1.807, 2.05) is 35.2 Å². The molecule has 1 aliphatic heterocycles. The maximum absolute atomic E-state index is 13.5. The highest BCUT2D eigenvalue weighted by Crippen LogP contribution is 2.12. The topological polar surface area (TPSA) is 210 Å². The number of ether oxygens (including phenoxy) is 1. The fraction of sp³-hybridized carbons (Fsp3) is 0.514. The Morgan fingerprint density at radius 1 is 0.824 bits per heavy atom. The molecule has 51 heavy (non-hydrogen) atoms. The number of carbonyl (C=O) groups is 5. The number of aliphatic hydroxyl groups is 1. The zero-order valence-electron chi connectivity index (χ0n) is 29.4. The number of nitrogens with one attached hydrogen (secondary N) is 4. The lowest BCUT2D eigenvalue weighted by molar-refractivity contribution is -0.142. The average Bonchev–Trinajstić information content (AvgIpc) is 3.09. The Balaban J connectivity index is 1.69. The van der Waals surface area contributed by atoms with Crippen molar-refractivity contribution in [1.82, 2.24) is 26.2 Å². The van der Waals surface area contributed by atoms with E-state index in [0.717, 1.165) is 18.7 Å². The van der Waals surface area contributed by atoms with Crippen molar-refractivity contribution >= 4 is 39.5 Å². The summed E-state index contributed by atoms with van der Waals surface area (Å²) in [6, 6.07) is 13.6. The molecule has 0 saturated carbocycles. The highest BCUT2D eigenvalue weighted by atomic mass is 32.2. The first kappa shape index (κ1) is 41.2. The molecule has 0 aromatic heterocycles. The van der Waals surface area contributed by atoms with E-state index in [4.69, 9.17) is 4.74 Å². The molecular formula is C35H49N5O10S. The van der Waals surface area contributed by atoms with Gasteiger partial charge in [-0.05, 0) is 44.7 Å². The quantitative estimate of drug-likeness (QED) is 0.116. The standard InChI is InChI=1S/C35H49N5O10S/c1-24(31(42)35(3,46)23-50-51(4,47)48)36-34(45)29(21-27-13-9-6-10-14-27)39-32(43)25(2)37-33(44)28(16-15-26-11-7-5-8-12-26)38-30(41)22-40-17-19-49-20-18-40/h5-14,24-25,28-29,46H,15-23H2,1-4H3,(H,36,45)(H,37,44)(H,38,41)(H,39,43)/t24-,25-,28-,29-,35+/m0/s1. The molecule has 1 fully saturated rings. The summed E-state index contributed by atoms with van der Waals surface area (Å²) in [5.41, 5.74) is -0.594. The number of nitrogens with zero attached hydrogens (tertiary/aromatic N) is 1. The van der Waals surface area contributed by atoms with Gasteiger partial charge in [-0.1, -0.05) is 60.7 Å². The van der Waals surface area contributed by atoms with Crippen LogP contribution >= 0.6 is 0 Å². The first-order chi connectivity index (χ1) is 24.0. The number of rotatable bonds is 19. The van der Waals surface area contributed by atoms with Gasteiger partial charge in [0.05, 0.1) is 32.1 Å². The summed E-state index contributed by atoms with van der Waals surface area (Å²) in [5, 5.41) is 21.1. The smallest absolute Gasteiger partial charge is 0.264 e. The SMILES string of the molecule is C[C@H](NC(=O)[C@H](CCc1ccccc1)NC(=O)CN1CCOCC1)C(=O)N[C@@H](Cc1ccccc1)C(=O)N[C@@H](C)C(=O)[C@](C)(O)COS(C)(=O)=O. The van der Waals surface area contributed by atoms with E-state index in [9.17, 15) is 37.5 Å². The second kappa shape index (κ2) is 19.4. The van der Waals surface area contributed by atoms with Crippen molar-refractivity contribution in [1.29, 1.82) is 0 Å². The van der Waals surface area contributed by atoms with Crippen molar-refractivity contribution < 1.29 is 46.4 Å². The summed E-state index contributed by atoms with van der Waals surface area (Å²) < 4.78 is 32.7. The van der Waals surface area contributed by atoms with Crippen LogP contribution < -0.4 is 21.3 Å². The highest BCUT2D eigenvalue weighted by molar-refractivity contribution is 7.86.